The molecule has 3 N–H and O–H groups in total. The zero-order valence-electron chi connectivity index (χ0n) is 9.50. The smallest absolute Gasteiger partial charge is 0.148 e. The van der Waals surface area contributed by atoms with E-state index in [1.54, 1.807) is 6.07 Å². The lowest BCUT2D eigenvalue weighted by atomic mass is 10.0. The number of hydrogen-bond donors (Lipinski definition) is 2. The average molecular weight is 349 g/mol. The number of nitrogens with zero attached hydrogens (tertiary/aromatic N) is 1. The fraction of sp³-hybridized carbons (Fsp3) is 0.0833. The highest BCUT2D eigenvalue weighted by Gasteiger charge is 2.20. The van der Waals surface area contributed by atoms with Crippen molar-refractivity contribution in [1.29, 1.82) is 0 Å². The molecular formula is C12H9BrClF2N3. The average Bonchev–Trinajstić information content (AvgIpc) is 2.40. The predicted octanol–water partition coefficient (Wildman–Crippen LogP) is 3.33. The van der Waals surface area contributed by atoms with Gasteiger partial charge in [-0.15, -0.1) is 0 Å². The molecule has 0 aliphatic carbocycles. The molecule has 0 fully saturated rings. The Morgan fingerprint density at radius 1 is 1.32 bits per heavy atom. The Morgan fingerprint density at radius 3 is 2.68 bits per heavy atom. The lowest BCUT2D eigenvalue weighted by Gasteiger charge is -2.18. The number of nitrogens with two attached hydrogens (primary N) is 1. The van der Waals surface area contributed by atoms with Gasteiger partial charge in [0.15, 0.2) is 0 Å². The molecule has 1 unspecified atom stereocenters. The maximum Gasteiger partial charge on any atom is 0.148 e. The maximum absolute atomic E-state index is 14.1. The van der Waals surface area contributed by atoms with E-state index < -0.39 is 17.7 Å². The summed E-state index contributed by atoms with van der Waals surface area (Å²) in [7, 11) is 0. The van der Waals surface area contributed by atoms with E-state index in [2.05, 4.69) is 26.3 Å². The first-order valence-corrected chi connectivity index (χ1v) is 6.41. The lowest BCUT2D eigenvalue weighted by Crippen LogP contribution is -2.29. The van der Waals surface area contributed by atoms with Crippen LogP contribution in [0.15, 0.2) is 35.1 Å². The first-order valence-electron chi connectivity index (χ1n) is 5.24. The molecular weight excluding hydrogens is 340 g/mol. The van der Waals surface area contributed by atoms with Gasteiger partial charge >= 0.3 is 0 Å². The number of benzene rings is 1. The summed E-state index contributed by atoms with van der Waals surface area (Å²) in [5.41, 5.74) is 3.04. The van der Waals surface area contributed by atoms with Crippen LogP contribution in [0.3, 0.4) is 0 Å². The van der Waals surface area contributed by atoms with E-state index in [9.17, 15) is 8.78 Å². The number of nitrogens with one attached hydrogen (secondary N) is 1. The summed E-state index contributed by atoms with van der Waals surface area (Å²) in [6, 6.07) is 3.60. The molecule has 1 heterocycles. The molecule has 0 aliphatic heterocycles. The fourth-order valence-corrected chi connectivity index (χ4v) is 2.19. The van der Waals surface area contributed by atoms with Gasteiger partial charge in [-0.3, -0.25) is 10.8 Å². The topological polar surface area (TPSA) is 50.9 Å². The highest BCUT2D eigenvalue weighted by Crippen LogP contribution is 2.32. The molecule has 1 aromatic carbocycles. The molecule has 7 heteroatoms. The molecule has 1 atom stereocenters. The summed E-state index contributed by atoms with van der Waals surface area (Å²) in [4.78, 5) is 3.71. The summed E-state index contributed by atoms with van der Waals surface area (Å²) in [6.45, 7) is 0. The van der Waals surface area contributed by atoms with Gasteiger partial charge in [-0.25, -0.2) is 14.2 Å². The summed E-state index contributed by atoms with van der Waals surface area (Å²) in [5.74, 6) is 4.27. The summed E-state index contributed by atoms with van der Waals surface area (Å²) in [6.07, 6.45) is 2.46. The van der Waals surface area contributed by atoms with E-state index in [1.165, 1.54) is 18.3 Å². The van der Waals surface area contributed by atoms with Crippen molar-refractivity contribution in [2.24, 2.45) is 5.84 Å². The van der Waals surface area contributed by atoms with Crippen LogP contribution in [0.5, 0.6) is 0 Å². The summed E-state index contributed by atoms with van der Waals surface area (Å²) in [5, 5.41) is -0.0536. The van der Waals surface area contributed by atoms with Gasteiger partial charge < -0.3 is 0 Å². The summed E-state index contributed by atoms with van der Waals surface area (Å²) < 4.78 is 27.7. The van der Waals surface area contributed by atoms with E-state index >= 15 is 0 Å². The number of aromatic nitrogens is 1. The van der Waals surface area contributed by atoms with E-state index in [0.717, 1.165) is 6.20 Å². The van der Waals surface area contributed by atoms with Gasteiger partial charge in [-0.05, 0) is 33.6 Å². The second kappa shape index (κ2) is 5.92. The van der Waals surface area contributed by atoms with E-state index in [1.807, 2.05) is 0 Å². The molecule has 3 nitrogen and oxygen atoms in total. The number of halogens is 4. The molecule has 1 aromatic heterocycles. The van der Waals surface area contributed by atoms with Crippen molar-refractivity contribution in [3.63, 3.8) is 0 Å². The highest BCUT2D eigenvalue weighted by atomic mass is 79.9. The third-order valence-electron chi connectivity index (χ3n) is 2.60. The third-order valence-corrected chi connectivity index (χ3v) is 3.86. The van der Waals surface area contributed by atoms with Crippen molar-refractivity contribution >= 4 is 27.5 Å². The molecule has 2 aromatic rings. The predicted molar refractivity (Wildman–Crippen MR) is 72.5 cm³/mol. The van der Waals surface area contributed by atoms with Crippen molar-refractivity contribution in [3.8, 4) is 0 Å². The van der Waals surface area contributed by atoms with Crippen LogP contribution in [0.25, 0.3) is 0 Å². The second-order valence-corrected chi connectivity index (χ2v) is 5.03. The second-order valence-electron chi connectivity index (χ2n) is 3.80. The molecule has 0 saturated carbocycles. The van der Waals surface area contributed by atoms with Gasteiger partial charge in [0.1, 0.15) is 11.6 Å². The molecule has 0 radical (unpaired) electrons. The molecule has 0 spiro atoms. The Hall–Kier alpha value is -1.08. The largest absolute Gasteiger partial charge is 0.271 e. The van der Waals surface area contributed by atoms with Gasteiger partial charge in [-0.1, -0.05) is 17.7 Å². The molecule has 0 amide bonds. The van der Waals surface area contributed by atoms with Crippen molar-refractivity contribution in [3.05, 3.63) is 62.8 Å². The number of hydrogen-bond acceptors (Lipinski definition) is 3. The van der Waals surface area contributed by atoms with Crippen LogP contribution in [0, 0.1) is 11.6 Å². The monoisotopic (exact) mass is 347 g/mol. The van der Waals surface area contributed by atoms with Crippen LogP contribution in [0.1, 0.15) is 17.2 Å². The first kappa shape index (κ1) is 14.3. The van der Waals surface area contributed by atoms with E-state index in [4.69, 9.17) is 17.4 Å². The third kappa shape index (κ3) is 2.92. The Bertz CT molecular complexity index is 610. The molecule has 0 bridgehead atoms. The van der Waals surface area contributed by atoms with Crippen LogP contribution in [0.4, 0.5) is 8.78 Å². The van der Waals surface area contributed by atoms with Crippen LogP contribution in [0.2, 0.25) is 5.02 Å². The van der Waals surface area contributed by atoms with Crippen molar-refractivity contribution in [1.82, 2.24) is 10.4 Å². The minimum Gasteiger partial charge on any atom is -0.271 e. The van der Waals surface area contributed by atoms with Gasteiger partial charge in [0.25, 0.3) is 0 Å². The molecule has 19 heavy (non-hydrogen) atoms. The Balaban J connectivity index is 2.51. The summed E-state index contributed by atoms with van der Waals surface area (Å²) >= 11 is 8.95. The molecule has 2 rings (SSSR count). The van der Waals surface area contributed by atoms with Crippen LogP contribution < -0.4 is 11.3 Å². The normalized spacial score (nSPS) is 12.5. The van der Waals surface area contributed by atoms with Crippen LogP contribution in [-0.4, -0.2) is 4.98 Å². The minimum absolute atomic E-state index is 0.0536. The number of pyridine rings is 1. The lowest BCUT2D eigenvalue weighted by molar-refractivity contribution is 0.553. The van der Waals surface area contributed by atoms with Crippen LogP contribution >= 0.6 is 27.5 Å². The van der Waals surface area contributed by atoms with Gasteiger partial charge in [-0.2, -0.15) is 0 Å². The highest BCUT2D eigenvalue weighted by molar-refractivity contribution is 9.10. The minimum atomic E-state index is -0.742. The zero-order chi connectivity index (χ0) is 14.0. The van der Waals surface area contributed by atoms with Gasteiger partial charge in [0, 0.05) is 16.2 Å². The molecule has 0 aliphatic rings. The Morgan fingerprint density at radius 2 is 2.05 bits per heavy atom. The van der Waals surface area contributed by atoms with Crippen molar-refractivity contribution in [2.75, 3.05) is 0 Å². The van der Waals surface area contributed by atoms with Gasteiger partial charge in [0.2, 0.25) is 0 Å². The SMILES string of the molecule is NNC(c1cncc(F)c1)c1ccc(Br)c(Cl)c1F. The standard InChI is InChI=1S/C12H9BrClF2N3/c13-9-2-1-8(11(16)10(9)14)12(19-17)6-3-7(15)5-18-4-6/h1-5,12,19H,17H2. The quantitative estimate of drug-likeness (QED) is 0.508. The maximum atomic E-state index is 14.1. The van der Waals surface area contributed by atoms with Crippen molar-refractivity contribution in [2.45, 2.75) is 6.04 Å². The molecule has 0 saturated heterocycles. The number of hydrazine groups is 1. The van der Waals surface area contributed by atoms with E-state index in [-0.39, 0.29) is 10.6 Å². The first-order chi connectivity index (χ1) is 9.04. The fourth-order valence-electron chi connectivity index (χ4n) is 1.72. The zero-order valence-corrected chi connectivity index (χ0v) is 11.8. The van der Waals surface area contributed by atoms with E-state index in [0.29, 0.717) is 10.0 Å². The Labute approximate surface area is 121 Å². The Kier molecular flexibility index (Phi) is 4.46. The molecule has 100 valence electrons. The number of rotatable bonds is 3. The van der Waals surface area contributed by atoms with Crippen molar-refractivity contribution < 1.29 is 8.78 Å². The van der Waals surface area contributed by atoms with Gasteiger partial charge in [0.05, 0.1) is 17.3 Å². The van der Waals surface area contributed by atoms with Crippen LogP contribution in [-0.2, 0) is 0 Å².